The van der Waals surface area contributed by atoms with Crippen LogP contribution in [-0.2, 0) is 6.54 Å². The zero-order valence-corrected chi connectivity index (χ0v) is 21.7. The minimum atomic E-state index is -0.490. The van der Waals surface area contributed by atoms with E-state index in [1.165, 1.54) is 0 Å². The third-order valence-corrected chi connectivity index (χ3v) is 7.72. The smallest absolute Gasteiger partial charge is 0.253 e. The van der Waals surface area contributed by atoms with Crippen molar-refractivity contribution in [1.29, 1.82) is 0 Å². The second kappa shape index (κ2) is 10.7. The fourth-order valence-corrected chi connectivity index (χ4v) is 5.81. The maximum absolute atomic E-state index is 13.1. The van der Waals surface area contributed by atoms with Gasteiger partial charge in [0.2, 0.25) is 5.91 Å². The monoisotopic (exact) mass is 511 g/mol. The van der Waals surface area contributed by atoms with Crippen LogP contribution in [0.4, 0.5) is 5.82 Å². The van der Waals surface area contributed by atoms with Gasteiger partial charge in [-0.25, -0.2) is 4.98 Å². The zero-order chi connectivity index (χ0) is 26.8. The summed E-state index contributed by atoms with van der Waals surface area (Å²) in [6.07, 6.45) is 5.40. The Morgan fingerprint density at radius 3 is 2.21 bits per heavy atom. The van der Waals surface area contributed by atoms with Crippen molar-refractivity contribution in [3.8, 4) is 0 Å². The Morgan fingerprint density at radius 2 is 1.58 bits per heavy atom. The number of rotatable bonds is 7. The number of carbonyl (C=O) groups is 3. The predicted octanol–water partition coefficient (Wildman–Crippen LogP) is 3.66. The second-order valence-electron chi connectivity index (χ2n) is 10.4. The number of pyridine rings is 1. The number of aromatic nitrogens is 1. The highest BCUT2D eigenvalue weighted by Gasteiger charge is 2.42. The number of nitrogens with one attached hydrogen (secondary N) is 2. The highest BCUT2D eigenvalue weighted by atomic mass is 16.2. The standard InChI is InChI=1S/C30H33N5O3/c1-18-13-26(19(2)12-25(18)28(31)36)30(38)34-22-14-23-9-10-24(15-22)35(23)27-11-8-21(17-32-27)29(37)33-16-20-6-4-3-5-7-20/h3-8,11-13,17,22-24H,9-10,14-16H2,1-2H3,(H2,31,36)(H,33,37)(H,34,38)/t22?,23-,24+. The molecule has 3 aromatic rings. The number of amides is 3. The van der Waals surface area contributed by atoms with Gasteiger partial charge in [0.05, 0.1) is 5.56 Å². The van der Waals surface area contributed by atoms with Gasteiger partial charge in [-0.05, 0) is 80.5 Å². The molecule has 2 saturated heterocycles. The summed E-state index contributed by atoms with van der Waals surface area (Å²) in [5, 5.41) is 6.16. The van der Waals surface area contributed by atoms with Crippen LogP contribution in [0.2, 0.25) is 0 Å². The summed E-state index contributed by atoms with van der Waals surface area (Å²) in [5.74, 6) is 0.113. The second-order valence-corrected chi connectivity index (χ2v) is 10.4. The van der Waals surface area contributed by atoms with Crippen molar-refractivity contribution < 1.29 is 14.4 Å². The molecule has 8 heteroatoms. The van der Waals surface area contributed by atoms with Crippen molar-refractivity contribution >= 4 is 23.5 Å². The molecule has 0 radical (unpaired) electrons. The molecule has 0 aliphatic carbocycles. The fraction of sp³-hybridized carbons (Fsp3) is 0.333. The van der Waals surface area contributed by atoms with Gasteiger partial charge >= 0.3 is 0 Å². The Bertz CT molecular complexity index is 1340. The van der Waals surface area contributed by atoms with Crippen molar-refractivity contribution in [2.75, 3.05) is 4.90 Å². The van der Waals surface area contributed by atoms with Gasteiger partial charge in [0.25, 0.3) is 11.8 Å². The number of nitrogens with zero attached hydrogens (tertiary/aromatic N) is 2. The van der Waals surface area contributed by atoms with Gasteiger partial charge in [-0.15, -0.1) is 0 Å². The first kappa shape index (κ1) is 25.4. The number of hydrogen-bond acceptors (Lipinski definition) is 5. The Kier molecular flexibility index (Phi) is 7.13. The van der Waals surface area contributed by atoms with Gasteiger partial charge in [0.1, 0.15) is 5.82 Å². The molecule has 1 unspecified atom stereocenters. The molecule has 5 rings (SSSR count). The third kappa shape index (κ3) is 5.25. The summed E-state index contributed by atoms with van der Waals surface area (Å²) < 4.78 is 0. The number of carbonyl (C=O) groups excluding carboxylic acids is 3. The molecule has 3 amide bonds. The summed E-state index contributed by atoms with van der Waals surface area (Å²) in [4.78, 5) is 44.3. The molecule has 3 atom stereocenters. The number of benzene rings is 2. The van der Waals surface area contributed by atoms with Crippen LogP contribution in [0, 0.1) is 13.8 Å². The third-order valence-electron chi connectivity index (χ3n) is 7.72. The van der Waals surface area contributed by atoms with Gasteiger partial charge < -0.3 is 21.3 Å². The van der Waals surface area contributed by atoms with Gasteiger partial charge in [0.15, 0.2) is 0 Å². The van der Waals surface area contributed by atoms with E-state index >= 15 is 0 Å². The van der Waals surface area contributed by atoms with E-state index in [9.17, 15) is 14.4 Å². The molecular weight excluding hydrogens is 478 g/mol. The van der Waals surface area contributed by atoms with Crippen LogP contribution in [0.3, 0.4) is 0 Å². The molecule has 0 saturated carbocycles. The number of anilines is 1. The van der Waals surface area contributed by atoms with E-state index in [0.717, 1.165) is 42.6 Å². The average molecular weight is 512 g/mol. The number of primary amides is 1. The van der Waals surface area contributed by atoms with Crippen LogP contribution in [0.25, 0.3) is 0 Å². The van der Waals surface area contributed by atoms with Gasteiger partial charge in [-0.3, -0.25) is 14.4 Å². The lowest BCUT2D eigenvalue weighted by Gasteiger charge is -2.40. The van der Waals surface area contributed by atoms with Gasteiger partial charge in [-0.1, -0.05) is 30.3 Å². The Labute approximate surface area is 222 Å². The quantitative estimate of drug-likeness (QED) is 0.448. The van der Waals surface area contributed by atoms with Crippen LogP contribution in [0.15, 0.2) is 60.8 Å². The Morgan fingerprint density at radius 1 is 0.921 bits per heavy atom. The molecule has 2 fully saturated rings. The van der Waals surface area contributed by atoms with Crippen LogP contribution < -0.4 is 21.3 Å². The van der Waals surface area contributed by atoms with E-state index in [1.54, 1.807) is 25.3 Å². The number of aryl methyl sites for hydroxylation is 2. The molecule has 4 N–H and O–H groups in total. The largest absolute Gasteiger partial charge is 0.366 e. The summed E-state index contributed by atoms with van der Waals surface area (Å²) in [7, 11) is 0. The first-order valence-corrected chi connectivity index (χ1v) is 13.1. The molecule has 3 heterocycles. The highest BCUT2D eigenvalue weighted by molar-refractivity contribution is 5.99. The van der Waals surface area contributed by atoms with Crippen molar-refractivity contribution in [2.45, 2.75) is 64.2 Å². The number of fused-ring (bicyclic) bond motifs is 2. The van der Waals surface area contributed by atoms with Crippen molar-refractivity contribution in [2.24, 2.45) is 5.73 Å². The molecule has 2 aliphatic rings. The van der Waals surface area contributed by atoms with Crippen molar-refractivity contribution in [3.63, 3.8) is 0 Å². The summed E-state index contributed by atoms with van der Waals surface area (Å²) in [6.45, 7) is 4.09. The molecule has 0 spiro atoms. The molecule has 8 nitrogen and oxygen atoms in total. The zero-order valence-electron chi connectivity index (χ0n) is 21.7. The van der Waals surface area contributed by atoms with E-state index in [2.05, 4.69) is 20.5 Å². The van der Waals surface area contributed by atoms with Crippen LogP contribution in [0.1, 0.15) is 73.4 Å². The SMILES string of the molecule is Cc1cc(C(=O)NC2C[C@H]3CC[C@@H](C2)N3c2ccc(C(=O)NCc3ccccc3)cn2)c(C)cc1C(N)=O. The van der Waals surface area contributed by atoms with E-state index < -0.39 is 5.91 Å². The molecule has 2 bridgehead atoms. The molecule has 1 aromatic heterocycles. The van der Waals surface area contributed by atoms with E-state index in [-0.39, 0.29) is 29.9 Å². The topological polar surface area (TPSA) is 117 Å². The van der Waals surface area contributed by atoms with E-state index in [0.29, 0.717) is 28.8 Å². The fourth-order valence-electron chi connectivity index (χ4n) is 5.81. The van der Waals surface area contributed by atoms with Crippen LogP contribution in [0.5, 0.6) is 0 Å². The maximum atomic E-state index is 13.1. The van der Waals surface area contributed by atoms with Gasteiger partial charge in [-0.2, -0.15) is 0 Å². The van der Waals surface area contributed by atoms with Crippen molar-refractivity contribution in [1.82, 2.24) is 15.6 Å². The van der Waals surface area contributed by atoms with Crippen molar-refractivity contribution in [3.05, 3.63) is 94.2 Å². The highest BCUT2D eigenvalue weighted by Crippen LogP contribution is 2.38. The summed E-state index contributed by atoms with van der Waals surface area (Å²) in [5.41, 5.74) is 9.48. The molecule has 38 heavy (non-hydrogen) atoms. The molecule has 2 aliphatic heterocycles. The maximum Gasteiger partial charge on any atom is 0.253 e. The number of piperidine rings is 1. The minimum Gasteiger partial charge on any atom is -0.366 e. The van der Waals surface area contributed by atoms with E-state index in [4.69, 9.17) is 5.73 Å². The lowest BCUT2D eigenvalue weighted by atomic mass is 9.95. The Balaban J connectivity index is 1.20. The number of nitrogens with two attached hydrogens (primary N) is 1. The summed E-state index contributed by atoms with van der Waals surface area (Å²) in [6, 6.07) is 17.6. The molecular formula is C30H33N5O3. The normalized spacial score (nSPS) is 20.2. The molecule has 2 aromatic carbocycles. The lowest BCUT2D eigenvalue weighted by molar-refractivity contribution is 0.0922. The predicted molar refractivity (Wildman–Crippen MR) is 146 cm³/mol. The van der Waals surface area contributed by atoms with Crippen LogP contribution in [-0.4, -0.2) is 40.8 Å². The lowest BCUT2D eigenvalue weighted by Crippen LogP contribution is -2.50. The first-order valence-electron chi connectivity index (χ1n) is 13.1. The first-order chi connectivity index (χ1) is 18.3. The van der Waals surface area contributed by atoms with Gasteiger partial charge in [0, 0.05) is 42.0 Å². The number of hydrogen-bond donors (Lipinski definition) is 3. The van der Waals surface area contributed by atoms with E-state index in [1.807, 2.05) is 49.4 Å². The Hall–Kier alpha value is -4.20. The minimum absolute atomic E-state index is 0.0646. The average Bonchev–Trinajstić information content (AvgIpc) is 3.18. The summed E-state index contributed by atoms with van der Waals surface area (Å²) >= 11 is 0. The molecule has 196 valence electrons. The van der Waals surface area contributed by atoms with Crippen LogP contribution >= 0.6 is 0 Å².